The molecule has 2 atom stereocenters. The second-order valence-corrected chi connectivity index (χ2v) is 9.52. The molecule has 2 amide bonds. The number of amidine groups is 1. The van der Waals surface area contributed by atoms with Crippen LogP contribution in [0, 0.1) is 0 Å². The van der Waals surface area contributed by atoms with E-state index in [0.29, 0.717) is 12.1 Å². The average molecular weight is 425 g/mol. The van der Waals surface area contributed by atoms with Gasteiger partial charge in [0.2, 0.25) is 0 Å². The number of aliphatic imine (C=N–C) groups is 1. The van der Waals surface area contributed by atoms with Crippen molar-refractivity contribution in [3.8, 4) is 0 Å². The summed E-state index contributed by atoms with van der Waals surface area (Å²) < 4.78 is 0. The molecule has 2 heterocycles. The number of rotatable bonds is 6. The van der Waals surface area contributed by atoms with Gasteiger partial charge in [-0.25, -0.2) is 4.79 Å². The highest BCUT2D eigenvalue weighted by Crippen LogP contribution is 2.40. The zero-order valence-corrected chi connectivity index (χ0v) is 19.9. The second kappa shape index (κ2) is 10.4. The van der Waals surface area contributed by atoms with E-state index in [0.717, 1.165) is 50.3 Å². The van der Waals surface area contributed by atoms with E-state index in [1.54, 1.807) is 0 Å². The molecule has 0 aromatic rings. The van der Waals surface area contributed by atoms with Gasteiger partial charge in [-0.15, -0.1) is 0 Å². The quantitative estimate of drug-likeness (QED) is 0.447. The number of carbonyl (C=O) groups is 1. The van der Waals surface area contributed by atoms with Crippen molar-refractivity contribution >= 4 is 11.9 Å². The van der Waals surface area contributed by atoms with Gasteiger partial charge >= 0.3 is 6.03 Å². The average Bonchev–Trinajstić information content (AvgIpc) is 2.98. The molecule has 3 rings (SSSR count). The minimum Gasteiger partial charge on any atom is -0.297 e. The number of amides is 2. The molecular formula is C26H40N4O. The Labute approximate surface area is 188 Å². The Balaban J connectivity index is 1.92. The van der Waals surface area contributed by atoms with Gasteiger partial charge < -0.3 is 0 Å². The van der Waals surface area contributed by atoms with Crippen molar-refractivity contribution in [2.45, 2.75) is 90.3 Å². The number of urea groups is 1. The van der Waals surface area contributed by atoms with Crippen LogP contribution in [-0.4, -0.2) is 52.4 Å². The van der Waals surface area contributed by atoms with Crippen molar-refractivity contribution in [2.75, 3.05) is 13.1 Å². The lowest BCUT2D eigenvalue weighted by Gasteiger charge is -2.47. The first-order chi connectivity index (χ1) is 14.9. The van der Waals surface area contributed by atoms with Crippen LogP contribution in [-0.2, 0) is 0 Å². The van der Waals surface area contributed by atoms with Crippen molar-refractivity contribution in [3.05, 3.63) is 48.2 Å². The van der Waals surface area contributed by atoms with Crippen LogP contribution in [0.3, 0.4) is 0 Å². The van der Waals surface area contributed by atoms with Gasteiger partial charge in [-0.1, -0.05) is 55.7 Å². The van der Waals surface area contributed by atoms with E-state index in [4.69, 9.17) is 4.99 Å². The molecular weight excluding hydrogens is 384 g/mol. The molecule has 2 saturated heterocycles. The molecule has 3 aliphatic rings. The predicted molar refractivity (Wildman–Crippen MR) is 130 cm³/mol. The number of nitrogens with one attached hydrogen (secondary N) is 1. The van der Waals surface area contributed by atoms with Crippen LogP contribution < -0.4 is 5.32 Å². The van der Waals surface area contributed by atoms with E-state index in [1.165, 1.54) is 24.8 Å². The Morgan fingerprint density at radius 3 is 2.65 bits per heavy atom. The van der Waals surface area contributed by atoms with Crippen LogP contribution in [0.4, 0.5) is 4.79 Å². The molecule has 0 radical (unpaired) electrons. The number of allylic oxidation sites excluding steroid dienone is 5. The number of likely N-dealkylation sites (tertiary alicyclic amines) is 1. The molecule has 0 bridgehead atoms. The van der Waals surface area contributed by atoms with Crippen molar-refractivity contribution < 1.29 is 4.79 Å². The maximum atomic E-state index is 13.2. The van der Waals surface area contributed by atoms with Gasteiger partial charge in [0, 0.05) is 24.8 Å². The van der Waals surface area contributed by atoms with E-state index < -0.39 is 5.54 Å². The molecule has 0 aromatic heterocycles. The molecule has 1 saturated carbocycles. The molecule has 2 aliphatic heterocycles. The molecule has 1 aliphatic carbocycles. The smallest absolute Gasteiger partial charge is 0.297 e. The first kappa shape index (κ1) is 23.5. The molecule has 31 heavy (non-hydrogen) atoms. The SMILES string of the molecule is C=C(/C=C\C=C/C)N1C(=O)NC(=NC2CCCCC2)C12CCN(CC=C(C)C)C(C)C2. The summed E-state index contributed by atoms with van der Waals surface area (Å²) in [5.41, 5.74) is 1.65. The summed E-state index contributed by atoms with van der Waals surface area (Å²) >= 11 is 0. The first-order valence-corrected chi connectivity index (χ1v) is 11.9. The molecule has 0 aromatic carbocycles. The summed E-state index contributed by atoms with van der Waals surface area (Å²) in [6.45, 7) is 14.7. The van der Waals surface area contributed by atoms with E-state index in [1.807, 2.05) is 36.1 Å². The topological polar surface area (TPSA) is 47.9 Å². The fourth-order valence-corrected chi connectivity index (χ4v) is 5.13. The number of hydrogen-bond donors (Lipinski definition) is 1. The summed E-state index contributed by atoms with van der Waals surface area (Å²) in [7, 11) is 0. The van der Waals surface area contributed by atoms with E-state index in [-0.39, 0.29) is 6.03 Å². The van der Waals surface area contributed by atoms with Crippen molar-refractivity contribution in [1.82, 2.24) is 15.1 Å². The first-order valence-electron chi connectivity index (χ1n) is 11.9. The van der Waals surface area contributed by atoms with Crippen molar-refractivity contribution in [3.63, 3.8) is 0 Å². The highest BCUT2D eigenvalue weighted by Gasteiger charge is 2.54. The summed E-state index contributed by atoms with van der Waals surface area (Å²) in [5, 5.41) is 3.16. The lowest BCUT2D eigenvalue weighted by Crippen LogP contribution is -2.58. The fourth-order valence-electron chi connectivity index (χ4n) is 5.13. The highest BCUT2D eigenvalue weighted by atomic mass is 16.2. The Kier molecular flexibility index (Phi) is 7.93. The van der Waals surface area contributed by atoms with E-state index >= 15 is 0 Å². The van der Waals surface area contributed by atoms with Crippen LogP contribution in [0.25, 0.3) is 0 Å². The molecule has 5 nitrogen and oxygen atoms in total. The van der Waals surface area contributed by atoms with Crippen LogP contribution >= 0.6 is 0 Å². The zero-order chi connectivity index (χ0) is 22.4. The number of nitrogens with zero attached hydrogens (tertiary/aromatic N) is 3. The highest BCUT2D eigenvalue weighted by molar-refractivity contribution is 6.11. The summed E-state index contributed by atoms with van der Waals surface area (Å²) in [6.07, 6.45) is 17.9. The second-order valence-electron chi connectivity index (χ2n) is 9.52. The summed E-state index contributed by atoms with van der Waals surface area (Å²) in [4.78, 5) is 22.7. The number of piperidine rings is 1. The van der Waals surface area contributed by atoms with Gasteiger partial charge in [0.05, 0.1) is 6.04 Å². The third-order valence-electron chi connectivity index (χ3n) is 6.87. The largest absolute Gasteiger partial charge is 0.328 e. The number of hydrogen-bond acceptors (Lipinski definition) is 3. The van der Waals surface area contributed by atoms with E-state index in [2.05, 4.69) is 43.6 Å². The zero-order valence-electron chi connectivity index (χ0n) is 19.9. The molecule has 170 valence electrons. The third-order valence-corrected chi connectivity index (χ3v) is 6.87. The third kappa shape index (κ3) is 5.38. The summed E-state index contributed by atoms with van der Waals surface area (Å²) in [6, 6.07) is 0.588. The van der Waals surface area contributed by atoms with Gasteiger partial charge in [0.25, 0.3) is 0 Å². The standard InChI is InChI=1S/C26H40N4O/c1-6-7-9-12-21(4)30-25(31)28-24(27-23-13-10-8-11-14-23)26(30)16-18-29(22(5)19-26)17-15-20(2)3/h6-7,9,12,15,22-23H,4,8,10-11,13-14,16-19H2,1-3,5H3,(H,27,28,31)/b7-6-,12-9-. The van der Waals surface area contributed by atoms with Gasteiger partial charge in [-0.3, -0.25) is 20.1 Å². The number of carbonyl (C=O) groups excluding carboxylic acids is 1. The monoisotopic (exact) mass is 424 g/mol. The molecule has 5 heteroatoms. The maximum Gasteiger partial charge on any atom is 0.328 e. The molecule has 3 fully saturated rings. The van der Waals surface area contributed by atoms with Gasteiger partial charge in [0.1, 0.15) is 11.4 Å². The minimum atomic E-state index is -0.424. The van der Waals surface area contributed by atoms with Crippen LogP contribution in [0.5, 0.6) is 0 Å². The Hall–Kier alpha value is -2.14. The van der Waals surface area contributed by atoms with Crippen molar-refractivity contribution in [1.29, 1.82) is 0 Å². The summed E-state index contributed by atoms with van der Waals surface area (Å²) in [5.74, 6) is 0.874. The fraction of sp³-hybridized carbons (Fsp3) is 0.615. The minimum absolute atomic E-state index is 0.0883. The van der Waals surface area contributed by atoms with Gasteiger partial charge in [-0.2, -0.15) is 0 Å². The Morgan fingerprint density at radius 1 is 1.26 bits per heavy atom. The predicted octanol–water partition coefficient (Wildman–Crippen LogP) is 5.58. The lowest BCUT2D eigenvalue weighted by molar-refractivity contribution is 0.0909. The normalized spacial score (nSPS) is 29.4. The maximum absolute atomic E-state index is 13.2. The van der Waals surface area contributed by atoms with Crippen LogP contribution in [0.15, 0.2) is 53.2 Å². The molecule has 1 N–H and O–H groups in total. The Morgan fingerprint density at radius 2 is 2.00 bits per heavy atom. The van der Waals surface area contributed by atoms with Crippen LogP contribution in [0.2, 0.25) is 0 Å². The molecule has 1 spiro atoms. The van der Waals surface area contributed by atoms with Crippen LogP contribution in [0.1, 0.15) is 72.6 Å². The van der Waals surface area contributed by atoms with Gasteiger partial charge in [0.15, 0.2) is 0 Å². The Bertz CT molecular complexity index is 783. The van der Waals surface area contributed by atoms with Crippen molar-refractivity contribution in [2.24, 2.45) is 4.99 Å². The lowest BCUT2D eigenvalue weighted by atomic mass is 9.81. The molecule has 2 unspecified atom stereocenters. The van der Waals surface area contributed by atoms with Gasteiger partial charge in [-0.05, 0) is 59.5 Å². The van der Waals surface area contributed by atoms with E-state index in [9.17, 15) is 4.79 Å².